The second-order valence-electron chi connectivity index (χ2n) is 10.4. The van der Waals surface area contributed by atoms with Crippen molar-refractivity contribution in [2.45, 2.75) is 91.5 Å². The normalized spacial score (nSPS) is 30.0. The maximum absolute atomic E-state index is 10.6. The molecule has 0 aromatic rings. The lowest BCUT2D eigenvalue weighted by Gasteiger charge is -2.44. The van der Waals surface area contributed by atoms with E-state index in [-0.39, 0.29) is 24.1 Å². The summed E-state index contributed by atoms with van der Waals surface area (Å²) in [5.41, 5.74) is 1.50. The molecule has 180 valence electrons. The molecule has 0 bridgehead atoms. The Morgan fingerprint density at radius 2 is 1.97 bits per heavy atom. The van der Waals surface area contributed by atoms with E-state index in [4.69, 9.17) is 4.74 Å². The zero-order valence-corrected chi connectivity index (χ0v) is 20.3. The van der Waals surface area contributed by atoms with Crippen molar-refractivity contribution in [3.05, 3.63) is 23.8 Å². The molecule has 0 unspecified atom stereocenters. The SMILES string of the molecule is CCC(C)(C)CO[C@H]1C[C@@H](C)C=C2C=C[C@H](C)[C@H](CC[C@@H](O)C[C@@H](O)CC(=O)[O-])[C@H]21.[NH4+]. The topological polar surface area (TPSA) is 126 Å². The second-order valence-corrected chi connectivity index (χ2v) is 10.4. The minimum Gasteiger partial charge on any atom is -0.550 e. The van der Waals surface area contributed by atoms with E-state index in [2.05, 4.69) is 52.8 Å². The summed E-state index contributed by atoms with van der Waals surface area (Å²) < 4.78 is 6.52. The average molecular weight is 440 g/mol. The highest BCUT2D eigenvalue weighted by atomic mass is 16.5. The third-order valence-corrected chi connectivity index (χ3v) is 7.02. The number of fused-ring (bicyclic) bond motifs is 1. The number of aliphatic hydroxyl groups excluding tert-OH is 2. The molecule has 0 spiro atoms. The molecule has 6 N–H and O–H groups in total. The quantitative estimate of drug-likeness (QED) is 0.453. The number of carboxylic acids is 1. The minimum atomic E-state index is -1.29. The van der Waals surface area contributed by atoms with Crippen LogP contribution in [-0.4, -0.2) is 41.1 Å². The van der Waals surface area contributed by atoms with Gasteiger partial charge in [0, 0.05) is 18.3 Å². The maximum Gasteiger partial charge on any atom is 0.0652 e. The summed E-state index contributed by atoms with van der Waals surface area (Å²) in [5.74, 6) is 0.244. The van der Waals surface area contributed by atoms with Crippen molar-refractivity contribution in [2.75, 3.05) is 6.61 Å². The fourth-order valence-corrected chi connectivity index (χ4v) is 4.80. The summed E-state index contributed by atoms with van der Waals surface area (Å²) in [6, 6.07) is 0. The lowest BCUT2D eigenvalue weighted by Crippen LogP contribution is -2.41. The maximum atomic E-state index is 10.6. The lowest BCUT2D eigenvalue weighted by molar-refractivity contribution is -0.307. The van der Waals surface area contributed by atoms with E-state index >= 15 is 0 Å². The monoisotopic (exact) mass is 439 g/mol. The predicted molar refractivity (Wildman–Crippen MR) is 122 cm³/mol. The van der Waals surface area contributed by atoms with Crippen LogP contribution in [0, 0.1) is 29.1 Å². The molecule has 6 heteroatoms. The molecule has 0 saturated carbocycles. The smallest absolute Gasteiger partial charge is 0.0652 e. The van der Waals surface area contributed by atoms with E-state index in [9.17, 15) is 20.1 Å². The van der Waals surface area contributed by atoms with Gasteiger partial charge in [-0.1, -0.05) is 52.8 Å². The Hall–Kier alpha value is -1.21. The van der Waals surface area contributed by atoms with Crippen LogP contribution in [0.5, 0.6) is 0 Å². The summed E-state index contributed by atoms with van der Waals surface area (Å²) in [6.45, 7) is 11.9. The van der Waals surface area contributed by atoms with Crippen LogP contribution >= 0.6 is 0 Å². The van der Waals surface area contributed by atoms with E-state index in [1.807, 2.05) is 0 Å². The van der Waals surface area contributed by atoms with E-state index in [0.717, 1.165) is 25.9 Å². The van der Waals surface area contributed by atoms with Gasteiger partial charge in [-0.3, -0.25) is 0 Å². The molecule has 2 aliphatic rings. The molecule has 0 aliphatic heterocycles. The Bertz CT molecular complexity index is 629. The minimum absolute atomic E-state index is 0. The Kier molecular flexibility index (Phi) is 10.9. The van der Waals surface area contributed by atoms with E-state index < -0.39 is 24.6 Å². The van der Waals surface area contributed by atoms with Gasteiger partial charge in [0.2, 0.25) is 0 Å². The van der Waals surface area contributed by atoms with Crippen LogP contribution < -0.4 is 11.3 Å². The van der Waals surface area contributed by atoms with Gasteiger partial charge in [-0.25, -0.2) is 0 Å². The number of carboxylic acid groups (broad SMARTS) is 1. The first-order valence-corrected chi connectivity index (χ1v) is 11.6. The van der Waals surface area contributed by atoms with Crippen molar-refractivity contribution < 1.29 is 24.9 Å². The van der Waals surface area contributed by atoms with Crippen LogP contribution in [0.15, 0.2) is 23.8 Å². The Morgan fingerprint density at radius 3 is 2.58 bits per heavy atom. The standard InChI is InChI=1S/C25H42O5.H3N/c1-6-25(4,5)15-30-22-12-16(2)11-18-8-7-17(3)21(24(18)22)10-9-19(26)13-20(27)14-23(28)29;/h7-8,11,16-17,19-22,24,26-27H,6,9-10,12-15H2,1-5H3,(H,28,29);1H3/t16-,17-,19+,20+,21-,22-,24-;/m0./s1. The van der Waals surface area contributed by atoms with Crippen molar-refractivity contribution >= 4 is 5.97 Å². The highest BCUT2D eigenvalue weighted by molar-refractivity contribution is 5.64. The number of rotatable bonds is 11. The average Bonchev–Trinajstić information content (AvgIpc) is 2.64. The van der Waals surface area contributed by atoms with E-state index in [1.54, 1.807) is 0 Å². The highest BCUT2D eigenvalue weighted by Crippen LogP contribution is 2.45. The van der Waals surface area contributed by atoms with Crippen LogP contribution in [0.4, 0.5) is 0 Å². The zero-order valence-electron chi connectivity index (χ0n) is 20.3. The van der Waals surface area contributed by atoms with Gasteiger partial charge >= 0.3 is 0 Å². The molecule has 7 atom stereocenters. The van der Waals surface area contributed by atoms with Crippen molar-refractivity contribution in [2.24, 2.45) is 29.1 Å². The molecule has 0 aromatic carbocycles. The Balaban J connectivity index is 0.00000480. The number of allylic oxidation sites excluding steroid dienone is 3. The van der Waals surface area contributed by atoms with Crippen molar-refractivity contribution in [3.8, 4) is 0 Å². The predicted octanol–water partition coefficient (Wildman–Crippen LogP) is 3.62. The van der Waals surface area contributed by atoms with Gasteiger partial charge in [-0.2, -0.15) is 0 Å². The number of hydrogen-bond donors (Lipinski definition) is 3. The lowest BCUT2D eigenvalue weighted by atomic mass is 9.65. The van der Waals surface area contributed by atoms with Crippen LogP contribution in [0.3, 0.4) is 0 Å². The fourth-order valence-electron chi connectivity index (χ4n) is 4.80. The molecule has 0 saturated heterocycles. The third kappa shape index (κ3) is 8.33. The fraction of sp³-hybridized carbons (Fsp3) is 0.800. The number of aliphatic carboxylic acids is 1. The Labute approximate surface area is 188 Å². The molecule has 2 aliphatic carbocycles. The van der Waals surface area contributed by atoms with Gasteiger partial charge in [-0.05, 0) is 60.8 Å². The number of ether oxygens (including phenoxy) is 1. The number of quaternary nitrogens is 1. The second kappa shape index (κ2) is 12.1. The molecule has 6 nitrogen and oxygen atoms in total. The van der Waals surface area contributed by atoms with Gasteiger partial charge in [0.15, 0.2) is 0 Å². The van der Waals surface area contributed by atoms with Crippen molar-refractivity contribution in [1.82, 2.24) is 6.15 Å². The van der Waals surface area contributed by atoms with Crippen LogP contribution in [0.2, 0.25) is 0 Å². The molecule has 31 heavy (non-hydrogen) atoms. The van der Waals surface area contributed by atoms with Crippen LogP contribution in [-0.2, 0) is 9.53 Å². The van der Waals surface area contributed by atoms with Gasteiger partial charge in [0.05, 0.1) is 24.9 Å². The molecule has 0 aromatic heterocycles. The number of hydrogen-bond acceptors (Lipinski definition) is 5. The zero-order chi connectivity index (χ0) is 22.5. The molecule has 0 amide bonds. The van der Waals surface area contributed by atoms with Gasteiger partial charge < -0.3 is 31.0 Å². The van der Waals surface area contributed by atoms with E-state index in [0.29, 0.717) is 30.1 Å². The van der Waals surface area contributed by atoms with Crippen molar-refractivity contribution in [1.29, 1.82) is 0 Å². The van der Waals surface area contributed by atoms with Crippen molar-refractivity contribution in [3.63, 3.8) is 0 Å². The number of carbonyl (C=O) groups excluding carboxylic acids is 1. The largest absolute Gasteiger partial charge is 0.550 e. The molecule has 0 radical (unpaired) electrons. The first kappa shape index (κ1) is 27.8. The van der Waals surface area contributed by atoms with E-state index in [1.165, 1.54) is 5.57 Å². The summed E-state index contributed by atoms with van der Waals surface area (Å²) in [4.78, 5) is 10.6. The first-order valence-electron chi connectivity index (χ1n) is 11.6. The number of aliphatic hydroxyl groups is 2. The molecular weight excluding hydrogens is 394 g/mol. The van der Waals surface area contributed by atoms with Crippen LogP contribution in [0.25, 0.3) is 0 Å². The summed E-state index contributed by atoms with van der Waals surface area (Å²) in [7, 11) is 0. The Morgan fingerprint density at radius 1 is 1.29 bits per heavy atom. The van der Waals surface area contributed by atoms with Crippen LogP contribution in [0.1, 0.15) is 73.1 Å². The molecule has 2 rings (SSSR count). The first-order chi connectivity index (χ1) is 14.0. The molecular formula is C25H45NO5. The van der Waals surface area contributed by atoms with Gasteiger partial charge in [-0.15, -0.1) is 0 Å². The molecule has 0 fully saturated rings. The number of carbonyl (C=O) groups is 1. The summed E-state index contributed by atoms with van der Waals surface area (Å²) >= 11 is 0. The highest BCUT2D eigenvalue weighted by Gasteiger charge is 2.40. The summed E-state index contributed by atoms with van der Waals surface area (Å²) in [5, 5.41) is 30.8. The summed E-state index contributed by atoms with van der Waals surface area (Å²) in [6.07, 6.45) is 8.35. The van der Waals surface area contributed by atoms with Gasteiger partial charge in [0.1, 0.15) is 0 Å². The third-order valence-electron chi connectivity index (χ3n) is 7.02. The van der Waals surface area contributed by atoms with Gasteiger partial charge in [0.25, 0.3) is 0 Å². The molecule has 0 heterocycles.